The summed E-state index contributed by atoms with van der Waals surface area (Å²) in [6.07, 6.45) is 2.21. The number of piperidine rings is 1. The highest BCUT2D eigenvalue weighted by Gasteiger charge is 2.32. The van der Waals surface area contributed by atoms with E-state index >= 15 is 0 Å². The maximum atomic E-state index is 12.1. The second kappa shape index (κ2) is 9.62. The standard InChI is InChI=1S/C23H36N4O2S/c1-17-15-26(19-7-5-18(6-8-19)22(24)30)13-14-27(17)20-9-11-25(12-10-20)16-21(28)29-23(2,3)4/h5-8,17,20H,9-16H2,1-4H3,(H2,24,30). The number of hydrogen-bond acceptors (Lipinski definition) is 6. The molecule has 0 aliphatic carbocycles. The maximum absolute atomic E-state index is 12.1. The summed E-state index contributed by atoms with van der Waals surface area (Å²) in [6.45, 7) is 13.5. The van der Waals surface area contributed by atoms with Gasteiger partial charge in [-0.1, -0.05) is 12.2 Å². The zero-order chi connectivity index (χ0) is 21.9. The number of nitrogens with zero attached hydrogens (tertiary/aromatic N) is 3. The first kappa shape index (κ1) is 23.0. The number of ether oxygens (including phenoxy) is 1. The first-order chi connectivity index (χ1) is 14.1. The second-order valence-electron chi connectivity index (χ2n) is 9.54. The van der Waals surface area contributed by atoms with Crippen LogP contribution >= 0.6 is 12.2 Å². The minimum Gasteiger partial charge on any atom is -0.459 e. The lowest BCUT2D eigenvalue weighted by Crippen LogP contribution is -2.57. The summed E-state index contributed by atoms with van der Waals surface area (Å²) in [5.41, 5.74) is 7.44. The average molecular weight is 433 g/mol. The topological polar surface area (TPSA) is 62.0 Å². The molecular weight excluding hydrogens is 396 g/mol. The van der Waals surface area contributed by atoms with E-state index in [0.29, 0.717) is 23.6 Å². The number of esters is 1. The van der Waals surface area contributed by atoms with E-state index in [2.05, 4.69) is 33.8 Å². The van der Waals surface area contributed by atoms with Gasteiger partial charge in [0.15, 0.2) is 0 Å². The highest BCUT2D eigenvalue weighted by molar-refractivity contribution is 7.80. The van der Waals surface area contributed by atoms with E-state index in [1.165, 1.54) is 5.69 Å². The second-order valence-corrected chi connectivity index (χ2v) is 9.98. The van der Waals surface area contributed by atoms with Crippen LogP contribution in [0.2, 0.25) is 0 Å². The number of anilines is 1. The lowest BCUT2D eigenvalue weighted by Gasteiger charge is -2.47. The summed E-state index contributed by atoms with van der Waals surface area (Å²) < 4.78 is 5.46. The fourth-order valence-corrected chi connectivity index (χ4v) is 4.69. The van der Waals surface area contributed by atoms with Crippen LogP contribution in [0.5, 0.6) is 0 Å². The molecule has 0 aromatic heterocycles. The van der Waals surface area contributed by atoms with Crippen LogP contribution in [0.4, 0.5) is 5.69 Å². The summed E-state index contributed by atoms with van der Waals surface area (Å²) in [7, 11) is 0. The first-order valence-corrected chi connectivity index (χ1v) is 11.4. The Labute approximate surface area is 186 Å². The Morgan fingerprint density at radius 3 is 2.30 bits per heavy atom. The largest absolute Gasteiger partial charge is 0.459 e. The Bertz CT molecular complexity index is 739. The zero-order valence-corrected chi connectivity index (χ0v) is 19.6. The third kappa shape index (κ3) is 6.15. The molecule has 0 saturated carbocycles. The number of hydrogen-bond donors (Lipinski definition) is 1. The van der Waals surface area contributed by atoms with Crippen molar-refractivity contribution in [1.29, 1.82) is 0 Å². The van der Waals surface area contributed by atoms with Gasteiger partial charge >= 0.3 is 5.97 Å². The monoisotopic (exact) mass is 432 g/mol. The summed E-state index contributed by atoms with van der Waals surface area (Å²) in [4.78, 5) is 19.9. The van der Waals surface area contributed by atoms with Gasteiger partial charge in [0, 0.05) is 56.1 Å². The molecule has 166 valence electrons. The van der Waals surface area contributed by atoms with Gasteiger partial charge in [0.25, 0.3) is 0 Å². The van der Waals surface area contributed by atoms with Gasteiger partial charge in [-0.25, -0.2) is 0 Å². The SMILES string of the molecule is CC1CN(c2ccc(C(N)=S)cc2)CCN1C1CCN(CC(=O)OC(C)(C)C)CC1. The van der Waals surface area contributed by atoms with Gasteiger partial charge in [-0.3, -0.25) is 14.6 Å². The molecule has 0 radical (unpaired) electrons. The molecule has 2 aliphatic rings. The maximum Gasteiger partial charge on any atom is 0.320 e. The van der Waals surface area contributed by atoms with Crippen LogP contribution in [0, 0.1) is 0 Å². The number of likely N-dealkylation sites (tertiary alicyclic amines) is 1. The molecule has 3 rings (SSSR count). The molecule has 2 N–H and O–H groups in total. The Hall–Kier alpha value is -1.70. The lowest BCUT2D eigenvalue weighted by molar-refractivity contribution is -0.156. The van der Waals surface area contributed by atoms with Crippen molar-refractivity contribution < 1.29 is 9.53 Å². The van der Waals surface area contributed by atoms with Crippen molar-refractivity contribution in [3.05, 3.63) is 29.8 Å². The molecule has 2 fully saturated rings. The van der Waals surface area contributed by atoms with E-state index < -0.39 is 5.60 Å². The number of benzene rings is 1. The summed E-state index contributed by atoms with van der Waals surface area (Å²) in [5, 5.41) is 0. The molecule has 1 atom stereocenters. The van der Waals surface area contributed by atoms with Crippen LogP contribution in [0.15, 0.2) is 24.3 Å². The first-order valence-electron chi connectivity index (χ1n) is 11.0. The van der Waals surface area contributed by atoms with Gasteiger partial charge in [-0.15, -0.1) is 0 Å². The highest BCUT2D eigenvalue weighted by Crippen LogP contribution is 2.25. The molecule has 1 unspecified atom stereocenters. The third-order valence-electron chi connectivity index (χ3n) is 5.99. The van der Waals surface area contributed by atoms with Crippen molar-refractivity contribution in [2.24, 2.45) is 5.73 Å². The Morgan fingerprint density at radius 1 is 1.13 bits per heavy atom. The molecular formula is C23H36N4O2S. The Morgan fingerprint density at radius 2 is 1.77 bits per heavy atom. The predicted molar refractivity (Wildman–Crippen MR) is 126 cm³/mol. The van der Waals surface area contributed by atoms with E-state index in [1.807, 2.05) is 32.9 Å². The molecule has 0 amide bonds. The quantitative estimate of drug-likeness (QED) is 0.567. The van der Waals surface area contributed by atoms with Crippen LogP contribution in [0.3, 0.4) is 0 Å². The van der Waals surface area contributed by atoms with Gasteiger partial charge in [0.05, 0.1) is 6.54 Å². The molecule has 7 heteroatoms. The van der Waals surface area contributed by atoms with Gasteiger partial charge in [0.1, 0.15) is 10.6 Å². The van der Waals surface area contributed by atoms with Gasteiger partial charge < -0.3 is 15.4 Å². The highest BCUT2D eigenvalue weighted by atomic mass is 32.1. The lowest BCUT2D eigenvalue weighted by atomic mass is 9.99. The summed E-state index contributed by atoms with van der Waals surface area (Å²) in [5.74, 6) is -0.121. The van der Waals surface area contributed by atoms with Crippen LogP contribution in [0.25, 0.3) is 0 Å². The van der Waals surface area contributed by atoms with E-state index in [-0.39, 0.29) is 5.97 Å². The summed E-state index contributed by atoms with van der Waals surface area (Å²) in [6, 6.07) is 9.34. The van der Waals surface area contributed by atoms with E-state index in [1.54, 1.807) is 0 Å². The number of piperazine rings is 1. The van der Waals surface area contributed by atoms with Gasteiger partial charge in [-0.2, -0.15) is 0 Å². The van der Waals surface area contributed by atoms with Crippen LogP contribution < -0.4 is 10.6 Å². The number of rotatable bonds is 5. The fraction of sp³-hybridized carbons (Fsp3) is 0.652. The molecule has 2 saturated heterocycles. The number of thiocarbonyl (C=S) groups is 1. The number of nitrogens with two attached hydrogens (primary N) is 1. The zero-order valence-electron chi connectivity index (χ0n) is 18.8. The van der Waals surface area contributed by atoms with Gasteiger partial charge in [-0.05, 0) is 64.8 Å². The predicted octanol–water partition coefficient (Wildman–Crippen LogP) is 2.64. The van der Waals surface area contributed by atoms with Crippen molar-refractivity contribution in [2.75, 3.05) is 44.2 Å². The van der Waals surface area contributed by atoms with E-state index in [0.717, 1.165) is 51.1 Å². The molecule has 2 aliphatic heterocycles. The van der Waals surface area contributed by atoms with Gasteiger partial charge in [0.2, 0.25) is 0 Å². The third-order valence-corrected chi connectivity index (χ3v) is 6.23. The van der Waals surface area contributed by atoms with Crippen molar-refractivity contribution >= 4 is 28.9 Å². The molecule has 2 heterocycles. The van der Waals surface area contributed by atoms with Crippen molar-refractivity contribution in [2.45, 2.75) is 58.2 Å². The Balaban J connectivity index is 1.47. The van der Waals surface area contributed by atoms with Crippen LogP contribution in [0.1, 0.15) is 46.1 Å². The minimum absolute atomic E-state index is 0.121. The average Bonchev–Trinajstić information content (AvgIpc) is 2.67. The Kier molecular flexibility index (Phi) is 7.37. The smallest absolute Gasteiger partial charge is 0.320 e. The molecule has 1 aromatic rings. The molecule has 0 bridgehead atoms. The summed E-state index contributed by atoms with van der Waals surface area (Å²) >= 11 is 5.05. The molecule has 6 nitrogen and oxygen atoms in total. The van der Waals surface area contributed by atoms with Crippen molar-refractivity contribution in [3.8, 4) is 0 Å². The molecule has 1 aromatic carbocycles. The normalized spacial score (nSPS) is 22.1. The van der Waals surface area contributed by atoms with Crippen LogP contribution in [-0.2, 0) is 9.53 Å². The number of carbonyl (C=O) groups is 1. The molecule has 0 spiro atoms. The fourth-order valence-electron chi connectivity index (χ4n) is 4.55. The van der Waals surface area contributed by atoms with Crippen LogP contribution in [-0.4, -0.2) is 77.7 Å². The molecule has 30 heavy (non-hydrogen) atoms. The van der Waals surface area contributed by atoms with Crippen molar-refractivity contribution in [3.63, 3.8) is 0 Å². The van der Waals surface area contributed by atoms with E-state index in [9.17, 15) is 4.79 Å². The van der Waals surface area contributed by atoms with E-state index in [4.69, 9.17) is 22.7 Å². The van der Waals surface area contributed by atoms with Crippen molar-refractivity contribution in [1.82, 2.24) is 9.80 Å². The minimum atomic E-state index is -0.416. The number of carbonyl (C=O) groups excluding carboxylic acids is 1.